The van der Waals surface area contributed by atoms with Crippen LogP contribution in [-0.4, -0.2) is 9.97 Å². The molecule has 0 aliphatic carbocycles. The number of nitrogens with zero attached hydrogens (tertiary/aromatic N) is 1. The summed E-state index contributed by atoms with van der Waals surface area (Å²) < 4.78 is 13.5. The van der Waals surface area contributed by atoms with E-state index < -0.39 is 0 Å². The van der Waals surface area contributed by atoms with Crippen LogP contribution in [0.15, 0.2) is 30.3 Å². The maximum absolute atomic E-state index is 13.0. The first kappa shape index (κ1) is 9.98. The number of aromatic nitrogens is 2. The molecular weight excluding hydrogens is 211 g/mol. The average molecular weight is 220 g/mol. The number of nitrogens with one attached hydrogen (secondary N) is 1. The Morgan fingerprint density at radius 1 is 1.33 bits per heavy atom. The summed E-state index contributed by atoms with van der Waals surface area (Å²) >= 11 is 5.00. The van der Waals surface area contributed by atoms with Gasteiger partial charge in [0.25, 0.3) is 0 Å². The van der Waals surface area contributed by atoms with E-state index >= 15 is 0 Å². The van der Waals surface area contributed by atoms with Crippen LogP contribution in [-0.2, 0) is 0 Å². The van der Waals surface area contributed by atoms with Gasteiger partial charge in [0, 0.05) is 11.3 Å². The Labute approximate surface area is 91.8 Å². The van der Waals surface area contributed by atoms with Gasteiger partial charge in [0.2, 0.25) is 0 Å². The highest BCUT2D eigenvalue weighted by atomic mass is 32.1. The predicted molar refractivity (Wildman–Crippen MR) is 59.6 cm³/mol. The van der Waals surface area contributed by atoms with Gasteiger partial charge in [-0.1, -0.05) is 24.4 Å². The van der Waals surface area contributed by atoms with Crippen molar-refractivity contribution in [1.29, 1.82) is 0 Å². The summed E-state index contributed by atoms with van der Waals surface area (Å²) in [4.78, 5) is 7.19. The molecule has 1 aromatic carbocycles. The average Bonchev–Trinajstić information content (AvgIpc) is 2.16. The third-order valence-corrected chi connectivity index (χ3v) is 2.18. The molecule has 0 saturated carbocycles. The number of hydrogen-bond acceptors (Lipinski definition) is 2. The monoisotopic (exact) mass is 220 g/mol. The Bertz CT molecular complexity index is 548. The van der Waals surface area contributed by atoms with Gasteiger partial charge in [-0.25, -0.2) is 9.37 Å². The molecule has 0 amide bonds. The number of halogens is 1. The van der Waals surface area contributed by atoms with E-state index in [-0.39, 0.29) is 5.82 Å². The lowest BCUT2D eigenvalue weighted by Crippen LogP contribution is -1.92. The zero-order valence-corrected chi connectivity index (χ0v) is 8.94. The van der Waals surface area contributed by atoms with Crippen LogP contribution >= 0.6 is 12.2 Å². The van der Waals surface area contributed by atoms with E-state index in [1.165, 1.54) is 12.1 Å². The fourth-order valence-electron chi connectivity index (χ4n) is 1.35. The minimum atomic E-state index is -0.282. The Morgan fingerprint density at radius 2 is 2.13 bits per heavy atom. The number of rotatable bonds is 1. The number of hydrogen-bond donors (Lipinski definition) is 1. The van der Waals surface area contributed by atoms with Gasteiger partial charge < -0.3 is 4.98 Å². The molecule has 0 fully saturated rings. The lowest BCUT2D eigenvalue weighted by Gasteiger charge is -2.02. The minimum Gasteiger partial charge on any atom is -0.343 e. The summed E-state index contributed by atoms with van der Waals surface area (Å²) in [6, 6.07) is 8.01. The maximum atomic E-state index is 13.0. The van der Waals surface area contributed by atoms with Crippen LogP contribution in [0.5, 0.6) is 0 Å². The summed E-state index contributed by atoms with van der Waals surface area (Å²) in [7, 11) is 0. The Morgan fingerprint density at radius 3 is 2.80 bits per heavy atom. The fourth-order valence-corrected chi connectivity index (χ4v) is 1.62. The fraction of sp³-hybridized carbons (Fsp3) is 0.0909. The van der Waals surface area contributed by atoms with E-state index in [1.54, 1.807) is 18.2 Å². The molecule has 2 aromatic rings. The summed E-state index contributed by atoms with van der Waals surface area (Å²) in [5.41, 5.74) is 1.61. The third-order valence-electron chi connectivity index (χ3n) is 1.98. The van der Waals surface area contributed by atoms with Gasteiger partial charge in [0.1, 0.15) is 16.3 Å². The normalized spacial score (nSPS) is 10.3. The number of aromatic amines is 1. The van der Waals surface area contributed by atoms with E-state index in [9.17, 15) is 4.39 Å². The quantitative estimate of drug-likeness (QED) is 0.747. The highest BCUT2D eigenvalue weighted by Crippen LogP contribution is 2.15. The molecule has 0 atom stereocenters. The summed E-state index contributed by atoms with van der Waals surface area (Å²) in [5.74, 6) is 0.314. The molecule has 0 spiro atoms. The van der Waals surface area contributed by atoms with Crippen LogP contribution in [0, 0.1) is 17.4 Å². The Balaban J connectivity index is 2.59. The summed E-state index contributed by atoms with van der Waals surface area (Å²) in [6.07, 6.45) is 0. The molecule has 0 radical (unpaired) electrons. The third kappa shape index (κ3) is 2.27. The second kappa shape index (κ2) is 3.90. The van der Waals surface area contributed by atoms with E-state index in [2.05, 4.69) is 9.97 Å². The maximum Gasteiger partial charge on any atom is 0.139 e. The van der Waals surface area contributed by atoms with Gasteiger partial charge in [0.15, 0.2) is 0 Å². The molecule has 0 aliphatic rings. The molecule has 76 valence electrons. The first-order chi connectivity index (χ1) is 7.15. The topological polar surface area (TPSA) is 28.7 Å². The first-order valence-corrected chi connectivity index (χ1v) is 4.90. The van der Waals surface area contributed by atoms with Crippen molar-refractivity contribution >= 4 is 12.2 Å². The van der Waals surface area contributed by atoms with Crippen LogP contribution < -0.4 is 0 Å². The van der Waals surface area contributed by atoms with E-state index in [0.29, 0.717) is 16.0 Å². The van der Waals surface area contributed by atoms with E-state index in [4.69, 9.17) is 12.2 Å². The van der Waals surface area contributed by atoms with Crippen molar-refractivity contribution in [1.82, 2.24) is 9.97 Å². The van der Waals surface area contributed by atoms with E-state index in [1.807, 2.05) is 6.92 Å². The minimum absolute atomic E-state index is 0.282. The van der Waals surface area contributed by atoms with Crippen LogP contribution in [0.3, 0.4) is 0 Å². The zero-order chi connectivity index (χ0) is 10.8. The lowest BCUT2D eigenvalue weighted by molar-refractivity contribution is 0.628. The number of aryl methyl sites for hydroxylation is 1. The molecule has 15 heavy (non-hydrogen) atoms. The SMILES string of the molecule is Cc1cc(=S)nc(-c2cccc(F)c2)[nH]1. The lowest BCUT2D eigenvalue weighted by atomic mass is 10.2. The second-order valence-corrected chi connectivity index (χ2v) is 3.68. The Hall–Kier alpha value is -1.55. The highest BCUT2D eigenvalue weighted by Gasteiger charge is 2.01. The molecule has 0 bridgehead atoms. The molecule has 0 aliphatic heterocycles. The molecular formula is C11H9FN2S. The van der Waals surface area contributed by atoms with Crippen molar-refractivity contribution in [2.45, 2.75) is 6.92 Å². The largest absolute Gasteiger partial charge is 0.343 e. The highest BCUT2D eigenvalue weighted by molar-refractivity contribution is 7.71. The molecule has 4 heteroatoms. The summed E-state index contributed by atoms with van der Waals surface area (Å²) in [6.45, 7) is 1.89. The molecule has 2 rings (SSSR count). The molecule has 1 N–H and O–H groups in total. The standard InChI is InChI=1S/C11H9FN2S/c1-7-5-10(15)14-11(13-7)8-3-2-4-9(12)6-8/h2-6H,1H3,(H,13,14,15). The van der Waals surface area contributed by atoms with Crippen LogP contribution in [0.25, 0.3) is 11.4 Å². The van der Waals surface area contributed by atoms with Crippen molar-refractivity contribution in [3.05, 3.63) is 46.5 Å². The number of H-pyrrole nitrogens is 1. The van der Waals surface area contributed by atoms with Gasteiger partial charge in [0.05, 0.1) is 0 Å². The van der Waals surface area contributed by atoms with Crippen molar-refractivity contribution in [2.24, 2.45) is 0 Å². The van der Waals surface area contributed by atoms with Gasteiger partial charge >= 0.3 is 0 Å². The zero-order valence-electron chi connectivity index (χ0n) is 8.12. The van der Waals surface area contributed by atoms with Crippen LogP contribution in [0.4, 0.5) is 4.39 Å². The molecule has 0 unspecified atom stereocenters. The molecule has 1 heterocycles. The van der Waals surface area contributed by atoms with Gasteiger partial charge in [-0.15, -0.1) is 0 Å². The van der Waals surface area contributed by atoms with Crippen LogP contribution in [0.1, 0.15) is 5.69 Å². The molecule has 0 saturated heterocycles. The van der Waals surface area contributed by atoms with Crippen molar-refractivity contribution in [3.8, 4) is 11.4 Å². The van der Waals surface area contributed by atoms with Crippen LogP contribution in [0.2, 0.25) is 0 Å². The number of benzene rings is 1. The predicted octanol–water partition coefficient (Wildman–Crippen LogP) is 3.25. The van der Waals surface area contributed by atoms with Gasteiger partial charge in [-0.3, -0.25) is 0 Å². The Kier molecular flexibility index (Phi) is 2.60. The van der Waals surface area contributed by atoms with Crippen molar-refractivity contribution in [3.63, 3.8) is 0 Å². The van der Waals surface area contributed by atoms with Gasteiger partial charge in [-0.05, 0) is 25.1 Å². The molecule has 1 aromatic heterocycles. The second-order valence-electron chi connectivity index (χ2n) is 3.26. The van der Waals surface area contributed by atoms with Gasteiger partial charge in [-0.2, -0.15) is 0 Å². The molecule has 2 nitrogen and oxygen atoms in total. The van der Waals surface area contributed by atoms with Crippen molar-refractivity contribution < 1.29 is 4.39 Å². The first-order valence-electron chi connectivity index (χ1n) is 4.49. The smallest absolute Gasteiger partial charge is 0.139 e. The van der Waals surface area contributed by atoms with E-state index in [0.717, 1.165) is 5.69 Å². The van der Waals surface area contributed by atoms with Crippen molar-refractivity contribution in [2.75, 3.05) is 0 Å². The summed E-state index contributed by atoms with van der Waals surface area (Å²) in [5, 5.41) is 0.